The third-order valence-corrected chi connectivity index (χ3v) is 2.99. The van der Waals surface area contributed by atoms with Gasteiger partial charge in [-0.05, 0) is 30.3 Å². The Morgan fingerprint density at radius 1 is 0.955 bits per heavy atom. The summed E-state index contributed by atoms with van der Waals surface area (Å²) in [7, 11) is 0. The number of amides is 2. The van der Waals surface area contributed by atoms with Crippen molar-refractivity contribution in [3.63, 3.8) is 0 Å². The highest BCUT2D eigenvalue weighted by atomic mass is 16.2. The molecule has 0 radical (unpaired) electrons. The summed E-state index contributed by atoms with van der Waals surface area (Å²) in [5.41, 5.74) is 2.29. The van der Waals surface area contributed by atoms with Crippen molar-refractivity contribution in [2.75, 3.05) is 10.6 Å². The Morgan fingerprint density at radius 3 is 2.32 bits per heavy atom. The number of benzene rings is 1. The van der Waals surface area contributed by atoms with E-state index in [9.17, 15) is 9.59 Å². The molecule has 2 heterocycles. The van der Waals surface area contributed by atoms with Gasteiger partial charge in [-0.15, -0.1) is 0 Å². The number of fused-ring (bicyclic) bond motifs is 1. The SMILES string of the molecule is CC(=O)Nc1ccc(NC(=O)c2ccnc3ccnn23)cc1. The quantitative estimate of drug-likeness (QED) is 0.773. The summed E-state index contributed by atoms with van der Waals surface area (Å²) in [5, 5.41) is 9.52. The van der Waals surface area contributed by atoms with E-state index in [2.05, 4.69) is 20.7 Å². The summed E-state index contributed by atoms with van der Waals surface area (Å²) in [6.07, 6.45) is 3.15. The highest BCUT2D eigenvalue weighted by molar-refractivity contribution is 6.03. The molecule has 0 atom stereocenters. The molecule has 0 aliphatic heterocycles. The predicted octanol–water partition coefficient (Wildman–Crippen LogP) is 1.94. The molecule has 3 aromatic rings. The molecule has 3 rings (SSSR count). The molecule has 22 heavy (non-hydrogen) atoms. The average Bonchev–Trinajstić information content (AvgIpc) is 2.97. The largest absolute Gasteiger partial charge is 0.326 e. The van der Waals surface area contributed by atoms with Crippen molar-refractivity contribution in [1.82, 2.24) is 14.6 Å². The molecule has 0 aliphatic rings. The second kappa shape index (κ2) is 5.65. The molecule has 2 aromatic heterocycles. The van der Waals surface area contributed by atoms with Gasteiger partial charge in [-0.25, -0.2) is 9.50 Å². The highest BCUT2D eigenvalue weighted by Crippen LogP contribution is 2.14. The van der Waals surface area contributed by atoms with E-state index < -0.39 is 0 Å². The molecule has 0 unspecified atom stereocenters. The van der Waals surface area contributed by atoms with Crippen LogP contribution >= 0.6 is 0 Å². The zero-order valence-corrected chi connectivity index (χ0v) is 11.8. The minimum absolute atomic E-state index is 0.144. The molecular formula is C15H13N5O2. The van der Waals surface area contributed by atoms with E-state index in [1.54, 1.807) is 48.8 Å². The molecule has 0 bridgehead atoms. The minimum atomic E-state index is -0.289. The van der Waals surface area contributed by atoms with Gasteiger partial charge >= 0.3 is 0 Å². The van der Waals surface area contributed by atoms with E-state index >= 15 is 0 Å². The Bertz CT molecular complexity index is 839. The maximum Gasteiger partial charge on any atom is 0.274 e. The predicted molar refractivity (Wildman–Crippen MR) is 81.7 cm³/mol. The number of carbonyl (C=O) groups excluding carboxylic acids is 2. The van der Waals surface area contributed by atoms with Crippen LogP contribution in [0.2, 0.25) is 0 Å². The molecule has 0 aliphatic carbocycles. The number of rotatable bonds is 3. The van der Waals surface area contributed by atoms with E-state index in [0.717, 1.165) is 0 Å². The van der Waals surface area contributed by atoms with E-state index in [-0.39, 0.29) is 11.8 Å². The Hall–Kier alpha value is -3.22. The molecule has 2 N–H and O–H groups in total. The van der Waals surface area contributed by atoms with Crippen LogP contribution in [0.25, 0.3) is 5.65 Å². The van der Waals surface area contributed by atoms with Crippen molar-refractivity contribution in [2.24, 2.45) is 0 Å². The minimum Gasteiger partial charge on any atom is -0.326 e. The van der Waals surface area contributed by atoms with Crippen LogP contribution in [-0.4, -0.2) is 26.4 Å². The molecule has 0 spiro atoms. The number of nitrogens with one attached hydrogen (secondary N) is 2. The molecule has 0 saturated carbocycles. The maximum atomic E-state index is 12.3. The summed E-state index contributed by atoms with van der Waals surface area (Å²) in [4.78, 5) is 27.4. The van der Waals surface area contributed by atoms with E-state index in [0.29, 0.717) is 22.7 Å². The van der Waals surface area contributed by atoms with Crippen molar-refractivity contribution >= 4 is 28.8 Å². The average molecular weight is 295 g/mol. The zero-order chi connectivity index (χ0) is 15.5. The van der Waals surface area contributed by atoms with Crippen LogP contribution < -0.4 is 10.6 Å². The zero-order valence-electron chi connectivity index (χ0n) is 11.8. The molecule has 110 valence electrons. The lowest BCUT2D eigenvalue weighted by atomic mass is 10.2. The van der Waals surface area contributed by atoms with Crippen LogP contribution in [0.1, 0.15) is 17.4 Å². The Kier molecular flexibility index (Phi) is 3.53. The van der Waals surface area contributed by atoms with Crippen molar-refractivity contribution in [2.45, 2.75) is 6.92 Å². The van der Waals surface area contributed by atoms with Crippen molar-refractivity contribution in [1.29, 1.82) is 0 Å². The lowest BCUT2D eigenvalue weighted by Crippen LogP contribution is -2.16. The normalized spacial score (nSPS) is 10.4. The molecule has 0 saturated heterocycles. The molecule has 0 fully saturated rings. The lowest BCUT2D eigenvalue weighted by molar-refractivity contribution is -0.114. The monoisotopic (exact) mass is 295 g/mol. The summed E-state index contributed by atoms with van der Waals surface area (Å²) in [5.74, 6) is -0.432. The van der Waals surface area contributed by atoms with Gasteiger partial charge in [0, 0.05) is 30.6 Å². The number of aromatic nitrogens is 3. The Morgan fingerprint density at radius 2 is 1.64 bits per heavy atom. The van der Waals surface area contributed by atoms with E-state index in [1.165, 1.54) is 11.4 Å². The topological polar surface area (TPSA) is 88.4 Å². The number of hydrogen-bond acceptors (Lipinski definition) is 4. The Balaban J connectivity index is 1.79. The van der Waals surface area contributed by atoms with Gasteiger partial charge < -0.3 is 10.6 Å². The fraction of sp³-hybridized carbons (Fsp3) is 0.0667. The lowest BCUT2D eigenvalue weighted by Gasteiger charge is -2.08. The third-order valence-electron chi connectivity index (χ3n) is 2.99. The van der Waals surface area contributed by atoms with Crippen LogP contribution in [0, 0.1) is 0 Å². The number of carbonyl (C=O) groups is 2. The number of anilines is 2. The summed E-state index contributed by atoms with van der Waals surface area (Å²) < 4.78 is 1.47. The van der Waals surface area contributed by atoms with Gasteiger partial charge in [0.25, 0.3) is 5.91 Å². The van der Waals surface area contributed by atoms with Crippen molar-refractivity contribution in [3.05, 3.63) is 54.5 Å². The summed E-state index contributed by atoms with van der Waals surface area (Å²) in [6.45, 7) is 1.44. The molecular weight excluding hydrogens is 282 g/mol. The summed E-state index contributed by atoms with van der Waals surface area (Å²) >= 11 is 0. The smallest absolute Gasteiger partial charge is 0.274 e. The maximum absolute atomic E-state index is 12.3. The van der Waals surface area contributed by atoms with Crippen LogP contribution in [-0.2, 0) is 4.79 Å². The third kappa shape index (κ3) is 2.78. The van der Waals surface area contributed by atoms with Crippen LogP contribution in [0.3, 0.4) is 0 Å². The van der Waals surface area contributed by atoms with Gasteiger partial charge in [-0.3, -0.25) is 9.59 Å². The fourth-order valence-electron chi connectivity index (χ4n) is 2.04. The van der Waals surface area contributed by atoms with Gasteiger partial charge in [0.2, 0.25) is 5.91 Å². The van der Waals surface area contributed by atoms with Crippen LogP contribution in [0.4, 0.5) is 11.4 Å². The van der Waals surface area contributed by atoms with Crippen LogP contribution in [0.5, 0.6) is 0 Å². The first-order chi connectivity index (χ1) is 10.6. The summed E-state index contributed by atoms with van der Waals surface area (Å²) in [6, 6.07) is 10.2. The Labute approximate surface area is 126 Å². The van der Waals surface area contributed by atoms with Gasteiger partial charge in [-0.2, -0.15) is 5.10 Å². The molecule has 7 nitrogen and oxygen atoms in total. The fourth-order valence-corrected chi connectivity index (χ4v) is 2.04. The first-order valence-electron chi connectivity index (χ1n) is 6.61. The van der Waals surface area contributed by atoms with Gasteiger partial charge in [0.1, 0.15) is 5.69 Å². The van der Waals surface area contributed by atoms with E-state index in [1.807, 2.05) is 0 Å². The molecule has 2 amide bonds. The first kappa shape index (κ1) is 13.7. The van der Waals surface area contributed by atoms with Gasteiger partial charge in [0.05, 0.1) is 6.20 Å². The number of nitrogens with zero attached hydrogens (tertiary/aromatic N) is 3. The van der Waals surface area contributed by atoms with E-state index in [4.69, 9.17) is 0 Å². The number of hydrogen-bond donors (Lipinski definition) is 2. The van der Waals surface area contributed by atoms with Crippen LogP contribution in [0.15, 0.2) is 48.8 Å². The molecule has 1 aromatic carbocycles. The second-order valence-electron chi connectivity index (χ2n) is 4.64. The molecule has 7 heteroatoms. The van der Waals surface area contributed by atoms with Crippen molar-refractivity contribution < 1.29 is 9.59 Å². The van der Waals surface area contributed by atoms with Gasteiger partial charge in [0.15, 0.2) is 5.65 Å². The first-order valence-corrected chi connectivity index (χ1v) is 6.61. The standard InChI is InChI=1S/C15H13N5O2/c1-10(21)18-11-2-4-12(5-3-11)19-15(22)13-6-8-16-14-7-9-17-20(13)14/h2-9H,1H3,(H,18,21)(H,19,22). The second-order valence-corrected chi connectivity index (χ2v) is 4.64. The van der Waals surface area contributed by atoms with Crippen molar-refractivity contribution in [3.8, 4) is 0 Å². The highest BCUT2D eigenvalue weighted by Gasteiger charge is 2.11. The van der Waals surface area contributed by atoms with Gasteiger partial charge in [-0.1, -0.05) is 0 Å².